The Hall–Kier alpha value is -0.680. The summed E-state index contributed by atoms with van der Waals surface area (Å²) in [5, 5.41) is 12.9. The number of aliphatic hydroxyl groups is 1. The molecule has 0 aliphatic heterocycles. The van der Waals surface area contributed by atoms with Crippen LogP contribution in [0.25, 0.3) is 0 Å². The van der Waals surface area contributed by atoms with Gasteiger partial charge in [0.05, 0.1) is 22.5 Å². The fraction of sp³-hybridized carbons (Fsp3) is 0.846. The minimum Gasteiger partial charge on any atom is -0.392 e. The molecule has 0 saturated heterocycles. The van der Waals surface area contributed by atoms with Gasteiger partial charge in [0.25, 0.3) is 0 Å². The van der Waals surface area contributed by atoms with E-state index in [-0.39, 0.29) is 16.9 Å². The molecule has 104 valence electrons. The van der Waals surface area contributed by atoms with Gasteiger partial charge in [-0.05, 0) is 26.2 Å². The molecule has 4 N–H and O–H groups in total. The van der Waals surface area contributed by atoms with Gasteiger partial charge >= 0.3 is 0 Å². The van der Waals surface area contributed by atoms with E-state index in [1.807, 2.05) is 6.92 Å². The predicted octanol–water partition coefficient (Wildman–Crippen LogP) is 1.50. The van der Waals surface area contributed by atoms with E-state index in [1.54, 1.807) is 6.92 Å². The van der Waals surface area contributed by atoms with Crippen LogP contribution in [0.3, 0.4) is 0 Å². The first kappa shape index (κ1) is 15.4. The zero-order valence-electron chi connectivity index (χ0n) is 11.2. The number of nitrogens with two attached hydrogens (primary N) is 1. The maximum absolute atomic E-state index is 12.3. The third-order valence-corrected chi connectivity index (χ3v) is 4.50. The summed E-state index contributed by atoms with van der Waals surface area (Å²) in [7, 11) is 0. The number of amides is 1. The molecular formula is C13H24N2O2S. The lowest BCUT2D eigenvalue weighted by Crippen LogP contribution is -2.52. The molecular weight excluding hydrogens is 248 g/mol. The Bertz CT molecular complexity index is 322. The molecule has 5 heteroatoms. The van der Waals surface area contributed by atoms with Crippen LogP contribution in [0.2, 0.25) is 0 Å². The van der Waals surface area contributed by atoms with E-state index < -0.39 is 11.5 Å². The van der Waals surface area contributed by atoms with Gasteiger partial charge in [-0.25, -0.2) is 0 Å². The average Bonchev–Trinajstić information content (AvgIpc) is 2.53. The maximum Gasteiger partial charge on any atom is 0.233 e. The molecule has 1 amide bonds. The Morgan fingerprint density at radius 1 is 1.44 bits per heavy atom. The molecule has 0 heterocycles. The van der Waals surface area contributed by atoms with Crippen LogP contribution in [-0.2, 0) is 4.79 Å². The minimum atomic E-state index is -0.818. The molecule has 4 nitrogen and oxygen atoms in total. The second-order valence-corrected chi connectivity index (χ2v) is 5.78. The summed E-state index contributed by atoms with van der Waals surface area (Å²) in [6, 6.07) is -0.166. The Morgan fingerprint density at radius 3 is 2.61 bits per heavy atom. The first-order valence-electron chi connectivity index (χ1n) is 6.70. The zero-order chi connectivity index (χ0) is 13.8. The van der Waals surface area contributed by atoms with Crippen molar-refractivity contribution in [2.45, 2.75) is 64.5 Å². The molecule has 0 bridgehead atoms. The van der Waals surface area contributed by atoms with Crippen LogP contribution in [0.5, 0.6) is 0 Å². The first-order valence-corrected chi connectivity index (χ1v) is 7.11. The van der Waals surface area contributed by atoms with Crippen molar-refractivity contribution < 1.29 is 9.90 Å². The van der Waals surface area contributed by atoms with Crippen molar-refractivity contribution in [3.05, 3.63) is 0 Å². The fourth-order valence-electron chi connectivity index (χ4n) is 2.23. The van der Waals surface area contributed by atoms with Gasteiger partial charge in [0.1, 0.15) is 0 Å². The second-order valence-electron chi connectivity index (χ2n) is 5.34. The number of rotatable bonds is 4. The van der Waals surface area contributed by atoms with Crippen molar-refractivity contribution in [3.8, 4) is 0 Å². The molecule has 1 aliphatic carbocycles. The van der Waals surface area contributed by atoms with Crippen molar-refractivity contribution in [3.63, 3.8) is 0 Å². The standard InChI is InChI=1S/C13H24N2O2S/c1-3-13(2,11(14)18)12(17)15-9-7-5-4-6-8-10(9)16/h9-10,16H,3-8H2,1-2H3,(H2,14,18)(H,15,17). The quantitative estimate of drug-likeness (QED) is 0.535. The number of hydrogen-bond acceptors (Lipinski definition) is 3. The molecule has 0 spiro atoms. The van der Waals surface area contributed by atoms with Gasteiger partial charge < -0.3 is 16.2 Å². The summed E-state index contributed by atoms with van der Waals surface area (Å²) in [5.41, 5.74) is 4.84. The topological polar surface area (TPSA) is 75.3 Å². The number of aliphatic hydroxyl groups excluding tert-OH is 1. The first-order chi connectivity index (χ1) is 8.41. The molecule has 1 saturated carbocycles. The third kappa shape index (κ3) is 3.42. The van der Waals surface area contributed by atoms with Crippen molar-refractivity contribution in [1.82, 2.24) is 5.32 Å². The second kappa shape index (κ2) is 6.48. The lowest BCUT2D eigenvalue weighted by molar-refractivity contribution is -0.128. The van der Waals surface area contributed by atoms with Crippen LogP contribution in [0.4, 0.5) is 0 Å². The molecule has 0 radical (unpaired) electrons. The molecule has 3 unspecified atom stereocenters. The van der Waals surface area contributed by atoms with Crippen LogP contribution in [0.1, 0.15) is 52.4 Å². The Kier molecular flexibility index (Phi) is 5.53. The van der Waals surface area contributed by atoms with Crippen molar-refractivity contribution in [2.75, 3.05) is 0 Å². The molecule has 1 aliphatic rings. The number of thiocarbonyl (C=S) groups is 1. The van der Waals surface area contributed by atoms with Gasteiger partial charge in [0, 0.05) is 0 Å². The molecule has 0 aromatic rings. The molecule has 18 heavy (non-hydrogen) atoms. The van der Waals surface area contributed by atoms with Crippen LogP contribution in [0, 0.1) is 5.41 Å². The SMILES string of the molecule is CCC(C)(C(=O)NC1CCCCCC1O)C(N)=S. The molecule has 1 fully saturated rings. The summed E-state index contributed by atoms with van der Waals surface area (Å²) in [6.45, 7) is 3.65. The lowest BCUT2D eigenvalue weighted by atomic mass is 9.86. The lowest BCUT2D eigenvalue weighted by Gasteiger charge is -2.30. The average molecular weight is 272 g/mol. The summed E-state index contributed by atoms with van der Waals surface area (Å²) < 4.78 is 0. The number of nitrogens with one attached hydrogen (secondary N) is 1. The largest absolute Gasteiger partial charge is 0.392 e. The van der Waals surface area contributed by atoms with Gasteiger partial charge in [-0.1, -0.05) is 38.4 Å². The van der Waals surface area contributed by atoms with Crippen LogP contribution in [-0.4, -0.2) is 28.1 Å². The van der Waals surface area contributed by atoms with Crippen molar-refractivity contribution in [2.24, 2.45) is 11.1 Å². The van der Waals surface area contributed by atoms with Crippen LogP contribution >= 0.6 is 12.2 Å². The van der Waals surface area contributed by atoms with Crippen LogP contribution < -0.4 is 11.1 Å². The normalized spacial score (nSPS) is 27.9. The summed E-state index contributed by atoms with van der Waals surface area (Å²) in [6.07, 6.45) is 4.86. The Balaban J connectivity index is 2.70. The maximum atomic E-state index is 12.3. The Morgan fingerprint density at radius 2 is 2.06 bits per heavy atom. The minimum absolute atomic E-state index is 0.163. The van der Waals surface area contributed by atoms with Gasteiger partial charge in [0.2, 0.25) is 5.91 Å². The van der Waals surface area contributed by atoms with E-state index in [9.17, 15) is 9.90 Å². The van der Waals surface area contributed by atoms with E-state index in [0.717, 1.165) is 32.1 Å². The van der Waals surface area contributed by atoms with Crippen molar-refractivity contribution >= 4 is 23.1 Å². The highest BCUT2D eigenvalue weighted by molar-refractivity contribution is 7.80. The van der Waals surface area contributed by atoms with E-state index in [2.05, 4.69) is 5.32 Å². The predicted molar refractivity (Wildman–Crippen MR) is 76.2 cm³/mol. The van der Waals surface area contributed by atoms with Crippen LogP contribution in [0.15, 0.2) is 0 Å². The smallest absolute Gasteiger partial charge is 0.233 e. The molecule has 0 aromatic heterocycles. The summed E-state index contributed by atoms with van der Waals surface area (Å²) in [5.74, 6) is -0.163. The zero-order valence-corrected chi connectivity index (χ0v) is 12.1. The highest BCUT2D eigenvalue weighted by Crippen LogP contribution is 2.24. The van der Waals surface area contributed by atoms with Gasteiger partial charge in [-0.3, -0.25) is 4.79 Å². The number of carbonyl (C=O) groups excluding carboxylic acids is 1. The highest BCUT2D eigenvalue weighted by atomic mass is 32.1. The summed E-state index contributed by atoms with van der Waals surface area (Å²) >= 11 is 4.98. The van der Waals surface area contributed by atoms with Gasteiger partial charge in [-0.15, -0.1) is 0 Å². The van der Waals surface area contributed by atoms with E-state index in [1.165, 1.54) is 0 Å². The third-order valence-electron chi connectivity index (χ3n) is 4.05. The highest BCUT2D eigenvalue weighted by Gasteiger charge is 2.36. The molecule has 3 atom stereocenters. The fourth-order valence-corrected chi connectivity index (χ4v) is 2.47. The summed E-state index contributed by atoms with van der Waals surface area (Å²) in [4.78, 5) is 12.5. The van der Waals surface area contributed by atoms with E-state index in [0.29, 0.717) is 6.42 Å². The van der Waals surface area contributed by atoms with Crippen molar-refractivity contribution in [1.29, 1.82) is 0 Å². The van der Waals surface area contributed by atoms with Gasteiger partial charge in [-0.2, -0.15) is 0 Å². The van der Waals surface area contributed by atoms with Gasteiger partial charge in [0.15, 0.2) is 0 Å². The Labute approximate surface area is 114 Å². The van der Waals surface area contributed by atoms with E-state index >= 15 is 0 Å². The monoisotopic (exact) mass is 272 g/mol. The molecule has 0 aromatic carbocycles. The number of hydrogen-bond donors (Lipinski definition) is 3. The molecule has 1 rings (SSSR count). The number of carbonyl (C=O) groups is 1. The van der Waals surface area contributed by atoms with E-state index in [4.69, 9.17) is 18.0 Å².